The normalized spacial score (nSPS) is 16.1. The van der Waals surface area contributed by atoms with Crippen LogP contribution in [0.25, 0.3) is 0 Å². The Bertz CT molecular complexity index is 512. The summed E-state index contributed by atoms with van der Waals surface area (Å²) in [5, 5.41) is 14.5. The minimum atomic E-state index is -0.518. The highest BCUT2D eigenvalue weighted by molar-refractivity contribution is 9.09. The van der Waals surface area contributed by atoms with E-state index in [9.17, 15) is 14.9 Å². The fraction of sp³-hybridized carbons (Fsp3) is 0.417. The molecule has 0 bridgehead atoms. The summed E-state index contributed by atoms with van der Waals surface area (Å²) in [6, 6.07) is 4.65. The van der Waals surface area contributed by atoms with Crippen LogP contribution in [0.4, 0.5) is 5.69 Å². The molecule has 6 heteroatoms. The summed E-state index contributed by atoms with van der Waals surface area (Å²) >= 11 is 3.35. The van der Waals surface area contributed by atoms with Gasteiger partial charge in [-0.15, -0.1) is 0 Å². The number of hydrogen-bond donors (Lipinski definition) is 1. The molecule has 0 unspecified atom stereocenters. The van der Waals surface area contributed by atoms with Crippen molar-refractivity contribution in [1.29, 1.82) is 0 Å². The van der Waals surface area contributed by atoms with Gasteiger partial charge in [0.2, 0.25) is 0 Å². The molecule has 2 rings (SSSR count). The van der Waals surface area contributed by atoms with E-state index in [4.69, 9.17) is 0 Å². The van der Waals surface area contributed by atoms with Gasteiger partial charge in [-0.3, -0.25) is 14.9 Å². The van der Waals surface area contributed by atoms with Crippen LogP contribution < -0.4 is 5.32 Å². The summed E-state index contributed by atoms with van der Waals surface area (Å²) in [4.78, 5) is 22.6. The molecule has 0 aliphatic heterocycles. The standard InChI is InChI=1S/C12H13BrN2O3/c1-8-3-2-4-9(15(17)18)10(8)11(16)14-12(7-13)5-6-12/h2-4H,5-7H2,1H3,(H,14,16). The number of hydrogen-bond acceptors (Lipinski definition) is 3. The summed E-state index contributed by atoms with van der Waals surface area (Å²) in [6.45, 7) is 1.70. The van der Waals surface area contributed by atoms with Gasteiger partial charge >= 0.3 is 0 Å². The zero-order valence-electron chi connectivity index (χ0n) is 9.90. The Kier molecular flexibility index (Phi) is 3.38. The SMILES string of the molecule is Cc1cccc([N+](=O)[O-])c1C(=O)NC1(CBr)CC1. The number of carbonyl (C=O) groups excluding carboxylic acids is 1. The number of amides is 1. The average molecular weight is 313 g/mol. The lowest BCUT2D eigenvalue weighted by Crippen LogP contribution is -2.38. The van der Waals surface area contributed by atoms with E-state index in [0.717, 1.165) is 12.8 Å². The molecular formula is C12H13BrN2O3. The number of benzene rings is 1. The van der Waals surface area contributed by atoms with Crippen molar-refractivity contribution in [3.63, 3.8) is 0 Å². The van der Waals surface area contributed by atoms with Gasteiger partial charge in [-0.05, 0) is 25.3 Å². The number of alkyl halides is 1. The van der Waals surface area contributed by atoms with Gasteiger partial charge in [0.15, 0.2) is 0 Å². The molecular weight excluding hydrogens is 300 g/mol. The van der Waals surface area contributed by atoms with Crippen LogP contribution in [0.2, 0.25) is 0 Å². The molecule has 0 spiro atoms. The lowest BCUT2D eigenvalue weighted by Gasteiger charge is -2.15. The summed E-state index contributed by atoms with van der Waals surface area (Å²) < 4.78 is 0. The first-order valence-electron chi connectivity index (χ1n) is 5.61. The molecule has 1 fully saturated rings. The molecule has 1 aromatic rings. The Hall–Kier alpha value is -1.43. The third-order valence-corrected chi connectivity index (χ3v) is 4.24. The number of halogens is 1. The Morgan fingerprint density at radius 2 is 2.22 bits per heavy atom. The Labute approximate surface area is 113 Å². The van der Waals surface area contributed by atoms with E-state index in [1.807, 2.05) is 0 Å². The highest BCUT2D eigenvalue weighted by Gasteiger charge is 2.43. The molecule has 0 heterocycles. The Balaban J connectivity index is 2.32. The number of nitrogens with zero attached hydrogens (tertiary/aromatic N) is 1. The predicted octanol–water partition coefficient (Wildman–Crippen LogP) is 2.56. The number of carbonyl (C=O) groups is 1. The molecule has 1 amide bonds. The molecule has 0 saturated heterocycles. The number of nitrogens with one attached hydrogen (secondary N) is 1. The molecule has 96 valence electrons. The third kappa shape index (κ3) is 2.38. The van der Waals surface area contributed by atoms with Gasteiger partial charge in [0.1, 0.15) is 5.56 Å². The van der Waals surface area contributed by atoms with E-state index < -0.39 is 4.92 Å². The monoisotopic (exact) mass is 312 g/mol. The highest BCUT2D eigenvalue weighted by Crippen LogP contribution is 2.37. The fourth-order valence-corrected chi connectivity index (χ4v) is 2.55. The van der Waals surface area contributed by atoms with E-state index in [-0.39, 0.29) is 22.7 Å². The molecule has 18 heavy (non-hydrogen) atoms. The van der Waals surface area contributed by atoms with Crippen LogP contribution >= 0.6 is 15.9 Å². The van der Waals surface area contributed by atoms with E-state index >= 15 is 0 Å². The van der Waals surface area contributed by atoms with Gasteiger partial charge in [-0.1, -0.05) is 28.1 Å². The maximum absolute atomic E-state index is 12.2. The van der Waals surface area contributed by atoms with Crippen LogP contribution in [-0.2, 0) is 0 Å². The molecule has 1 aliphatic rings. The second-order valence-corrected chi connectivity index (χ2v) is 5.15. The summed E-state index contributed by atoms with van der Waals surface area (Å²) in [5.74, 6) is -0.364. The lowest BCUT2D eigenvalue weighted by atomic mass is 10.1. The molecule has 0 atom stereocenters. The van der Waals surface area contributed by atoms with Gasteiger partial charge in [0.05, 0.1) is 10.5 Å². The van der Waals surface area contributed by atoms with Gasteiger partial charge in [0.25, 0.3) is 11.6 Å². The van der Waals surface area contributed by atoms with Crippen molar-refractivity contribution in [3.05, 3.63) is 39.4 Å². The quantitative estimate of drug-likeness (QED) is 0.527. The number of aryl methyl sites for hydroxylation is 1. The van der Waals surface area contributed by atoms with Crippen LogP contribution in [0, 0.1) is 17.0 Å². The third-order valence-electron chi connectivity index (χ3n) is 3.16. The van der Waals surface area contributed by atoms with Gasteiger partial charge in [-0.2, -0.15) is 0 Å². The van der Waals surface area contributed by atoms with Crippen LogP contribution in [0.15, 0.2) is 18.2 Å². The summed E-state index contributed by atoms with van der Waals surface area (Å²) in [7, 11) is 0. The first-order valence-corrected chi connectivity index (χ1v) is 6.74. The van der Waals surface area contributed by atoms with E-state index in [1.165, 1.54) is 6.07 Å². The van der Waals surface area contributed by atoms with E-state index in [0.29, 0.717) is 10.9 Å². The van der Waals surface area contributed by atoms with Gasteiger partial charge in [-0.25, -0.2) is 0 Å². The maximum atomic E-state index is 12.2. The van der Waals surface area contributed by atoms with Crippen molar-refractivity contribution < 1.29 is 9.72 Å². The van der Waals surface area contributed by atoms with E-state index in [2.05, 4.69) is 21.2 Å². The Morgan fingerprint density at radius 1 is 1.56 bits per heavy atom. The number of rotatable bonds is 4. The van der Waals surface area contributed by atoms with Crippen molar-refractivity contribution >= 4 is 27.5 Å². The minimum absolute atomic E-state index is 0.141. The zero-order chi connectivity index (χ0) is 13.3. The second kappa shape index (κ2) is 4.68. The van der Waals surface area contributed by atoms with Crippen molar-refractivity contribution in [2.75, 3.05) is 5.33 Å². The topological polar surface area (TPSA) is 72.2 Å². The maximum Gasteiger partial charge on any atom is 0.282 e. The molecule has 0 aromatic heterocycles. The van der Waals surface area contributed by atoms with Crippen LogP contribution in [-0.4, -0.2) is 21.7 Å². The number of nitro benzene ring substituents is 1. The number of nitro groups is 1. The molecule has 1 saturated carbocycles. The predicted molar refractivity (Wildman–Crippen MR) is 71.1 cm³/mol. The van der Waals surface area contributed by atoms with Gasteiger partial charge < -0.3 is 5.32 Å². The van der Waals surface area contributed by atoms with Crippen molar-refractivity contribution in [2.45, 2.75) is 25.3 Å². The van der Waals surface area contributed by atoms with E-state index in [1.54, 1.807) is 19.1 Å². The lowest BCUT2D eigenvalue weighted by molar-refractivity contribution is -0.385. The molecule has 1 aliphatic carbocycles. The van der Waals surface area contributed by atoms with Crippen molar-refractivity contribution in [3.8, 4) is 0 Å². The van der Waals surface area contributed by atoms with Crippen LogP contribution in [0.3, 0.4) is 0 Å². The molecule has 5 nitrogen and oxygen atoms in total. The van der Waals surface area contributed by atoms with Gasteiger partial charge in [0, 0.05) is 11.4 Å². The first-order chi connectivity index (χ1) is 8.49. The fourth-order valence-electron chi connectivity index (χ4n) is 1.85. The Morgan fingerprint density at radius 3 is 2.72 bits per heavy atom. The van der Waals surface area contributed by atoms with Crippen molar-refractivity contribution in [1.82, 2.24) is 5.32 Å². The largest absolute Gasteiger partial charge is 0.346 e. The summed E-state index contributed by atoms with van der Waals surface area (Å²) in [5.41, 5.74) is 0.424. The highest BCUT2D eigenvalue weighted by atomic mass is 79.9. The second-order valence-electron chi connectivity index (χ2n) is 4.59. The first kappa shape index (κ1) is 13.0. The molecule has 0 radical (unpaired) electrons. The van der Waals surface area contributed by atoms with Crippen molar-refractivity contribution in [2.24, 2.45) is 0 Å². The smallest absolute Gasteiger partial charge is 0.282 e. The average Bonchev–Trinajstić information content (AvgIpc) is 3.08. The molecule has 1 aromatic carbocycles. The van der Waals surface area contributed by atoms with Crippen LogP contribution in [0.1, 0.15) is 28.8 Å². The molecule has 1 N–H and O–H groups in total. The minimum Gasteiger partial charge on any atom is -0.346 e. The summed E-state index contributed by atoms with van der Waals surface area (Å²) in [6.07, 6.45) is 1.81. The van der Waals surface area contributed by atoms with Crippen LogP contribution in [0.5, 0.6) is 0 Å². The zero-order valence-corrected chi connectivity index (χ0v) is 11.5.